The van der Waals surface area contributed by atoms with Gasteiger partial charge in [0.2, 0.25) is 5.91 Å². The summed E-state index contributed by atoms with van der Waals surface area (Å²) in [5.74, 6) is -1.79. The zero-order chi connectivity index (χ0) is 16.2. The topological polar surface area (TPSA) is 122 Å². The second-order valence-electron chi connectivity index (χ2n) is 5.91. The zero-order valence-corrected chi connectivity index (χ0v) is 12.6. The minimum Gasteiger partial charge on any atom is -0.480 e. The second-order valence-corrected chi connectivity index (χ2v) is 5.91. The van der Waals surface area contributed by atoms with Crippen LogP contribution in [0.1, 0.15) is 33.6 Å². The summed E-state index contributed by atoms with van der Waals surface area (Å²) in [6.45, 7) is 6.33. The van der Waals surface area contributed by atoms with Crippen molar-refractivity contribution in [2.75, 3.05) is 13.1 Å². The number of carbonyl (C=O) groups is 3. The van der Waals surface area contributed by atoms with E-state index in [0.29, 0.717) is 13.1 Å². The highest BCUT2D eigenvalue weighted by atomic mass is 16.5. The number of urea groups is 1. The van der Waals surface area contributed by atoms with Gasteiger partial charge in [-0.2, -0.15) is 0 Å². The summed E-state index contributed by atoms with van der Waals surface area (Å²) >= 11 is 0. The number of carboxylic acid groups (broad SMARTS) is 1. The highest BCUT2D eigenvalue weighted by Gasteiger charge is 2.34. The molecule has 4 N–H and O–H groups in total. The standard InChI is InChI=1S/C13H23N3O5/c1-8-6-16(7-13(2,3)21-8)12(20)15-9(11(18)19)4-5-10(14)17/h8-9H,4-7H2,1-3H3,(H2,14,17)(H,15,20)(H,18,19)/t8?,9-/m1/s1. The molecule has 1 saturated heterocycles. The maximum Gasteiger partial charge on any atom is 0.326 e. The Balaban J connectivity index is 2.64. The number of carboxylic acids is 1. The first-order chi connectivity index (χ1) is 9.60. The van der Waals surface area contributed by atoms with Crippen molar-refractivity contribution >= 4 is 17.9 Å². The maximum atomic E-state index is 12.2. The minimum atomic E-state index is -1.19. The van der Waals surface area contributed by atoms with Gasteiger partial charge in [-0.3, -0.25) is 4.79 Å². The zero-order valence-electron chi connectivity index (χ0n) is 12.6. The molecule has 0 spiro atoms. The lowest BCUT2D eigenvalue weighted by Gasteiger charge is -2.41. The van der Waals surface area contributed by atoms with Gasteiger partial charge in [0, 0.05) is 13.0 Å². The number of rotatable bonds is 5. The molecule has 0 radical (unpaired) electrons. The Hall–Kier alpha value is -1.83. The van der Waals surface area contributed by atoms with Crippen molar-refractivity contribution in [2.45, 2.75) is 51.4 Å². The highest BCUT2D eigenvalue weighted by molar-refractivity contribution is 5.83. The number of amides is 3. The van der Waals surface area contributed by atoms with Gasteiger partial charge in [0.1, 0.15) is 6.04 Å². The monoisotopic (exact) mass is 301 g/mol. The normalized spacial score (nSPS) is 22.4. The van der Waals surface area contributed by atoms with Crippen LogP contribution in [0.2, 0.25) is 0 Å². The number of hydrogen-bond acceptors (Lipinski definition) is 4. The first-order valence-electron chi connectivity index (χ1n) is 6.85. The van der Waals surface area contributed by atoms with Crippen molar-refractivity contribution in [3.05, 3.63) is 0 Å². The van der Waals surface area contributed by atoms with Crippen molar-refractivity contribution in [1.29, 1.82) is 0 Å². The molecule has 1 rings (SSSR count). The van der Waals surface area contributed by atoms with Crippen LogP contribution in [0.4, 0.5) is 4.79 Å². The van der Waals surface area contributed by atoms with Crippen LogP contribution >= 0.6 is 0 Å². The molecule has 0 aromatic carbocycles. The number of nitrogens with zero attached hydrogens (tertiary/aromatic N) is 1. The van der Waals surface area contributed by atoms with Gasteiger partial charge >= 0.3 is 12.0 Å². The third-order valence-corrected chi connectivity index (χ3v) is 3.13. The van der Waals surface area contributed by atoms with Gasteiger partial charge in [0.25, 0.3) is 0 Å². The fourth-order valence-corrected chi connectivity index (χ4v) is 2.39. The summed E-state index contributed by atoms with van der Waals surface area (Å²) in [6, 6.07) is -1.61. The van der Waals surface area contributed by atoms with Gasteiger partial charge in [-0.1, -0.05) is 0 Å². The quantitative estimate of drug-likeness (QED) is 0.655. The molecule has 1 aliphatic heterocycles. The van der Waals surface area contributed by atoms with Crippen molar-refractivity contribution in [3.8, 4) is 0 Å². The van der Waals surface area contributed by atoms with E-state index < -0.39 is 29.6 Å². The van der Waals surface area contributed by atoms with Crippen LogP contribution in [0.3, 0.4) is 0 Å². The summed E-state index contributed by atoms with van der Waals surface area (Å²) < 4.78 is 5.69. The van der Waals surface area contributed by atoms with Crippen molar-refractivity contribution in [3.63, 3.8) is 0 Å². The summed E-state index contributed by atoms with van der Waals surface area (Å²) in [6.07, 6.45) is -0.254. The number of hydrogen-bond donors (Lipinski definition) is 3. The molecule has 8 heteroatoms. The van der Waals surface area contributed by atoms with E-state index in [1.807, 2.05) is 20.8 Å². The molecule has 0 aromatic rings. The molecule has 1 fully saturated rings. The van der Waals surface area contributed by atoms with Gasteiger partial charge in [-0.25, -0.2) is 9.59 Å². The molecule has 120 valence electrons. The van der Waals surface area contributed by atoms with E-state index in [1.54, 1.807) is 0 Å². The fourth-order valence-electron chi connectivity index (χ4n) is 2.39. The van der Waals surface area contributed by atoms with E-state index in [0.717, 1.165) is 0 Å². The van der Waals surface area contributed by atoms with E-state index >= 15 is 0 Å². The largest absolute Gasteiger partial charge is 0.480 e. The third kappa shape index (κ3) is 5.58. The Morgan fingerprint density at radius 3 is 2.57 bits per heavy atom. The molecule has 1 heterocycles. The van der Waals surface area contributed by atoms with Crippen molar-refractivity contribution in [2.24, 2.45) is 5.73 Å². The Bertz CT molecular complexity index is 424. The number of nitrogens with one attached hydrogen (secondary N) is 1. The third-order valence-electron chi connectivity index (χ3n) is 3.13. The Morgan fingerprint density at radius 1 is 1.48 bits per heavy atom. The molecule has 8 nitrogen and oxygen atoms in total. The van der Waals surface area contributed by atoms with E-state index in [-0.39, 0.29) is 18.9 Å². The van der Waals surface area contributed by atoms with Crippen LogP contribution in [0.25, 0.3) is 0 Å². The van der Waals surface area contributed by atoms with Crippen LogP contribution < -0.4 is 11.1 Å². The lowest BCUT2D eigenvalue weighted by atomic mass is 10.1. The maximum absolute atomic E-state index is 12.2. The average Bonchev–Trinajstić information content (AvgIpc) is 2.30. The smallest absolute Gasteiger partial charge is 0.326 e. The van der Waals surface area contributed by atoms with Gasteiger partial charge in [-0.05, 0) is 27.2 Å². The lowest BCUT2D eigenvalue weighted by molar-refractivity contribution is -0.139. The van der Waals surface area contributed by atoms with Gasteiger partial charge < -0.3 is 25.8 Å². The van der Waals surface area contributed by atoms with Crippen LogP contribution in [-0.2, 0) is 14.3 Å². The average molecular weight is 301 g/mol. The number of nitrogens with two attached hydrogens (primary N) is 1. The molecule has 0 aliphatic carbocycles. The van der Waals surface area contributed by atoms with Crippen LogP contribution in [-0.4, -0.2) is 58.8 Å². The van der Waals surface area contributed by atoms with E-state index in [2.05, 4.69) is 5.32 Å². The second kappa shape index (κ2) is 6.75. The summed E-state index contributed by atoms with van der Waals surface area (Å²) in [5, 5.41) is 11.5. The van der Waals surface area contributed by atoms with E-state index in [4.69, 9.17) is 15.6 Å². The number of primary amides is 1. The Morgan fingerprint density at radius 2 is 2.10 bits per heavy atom. The molecular weight excluding hydrogens is 278 g/mol. The highest BCUT2D eigenvalue weighted by Crippen LogP contribution is 2.20. The van der Waals surface area contributed by atoms with Gasteiger partial charge in [0.15, 0.2) is 0 Å². The number of morpholine rings is 1. The Labute approximate surface area is 123 Å². The van der Waals surface area contributed by atoms with E-state index in [9.17, 15) is 14.4 Å². The first-order valence-corrected chi connectivity index (χ1v) is 6.85. The molecule has 3 amide bonds. The number of carbonyl (C=O) groups excluding carboxylic acids is 2. The Kier molecular flexibility index (Phi) is 5.54. The predicted octanol–water partition coefficient (Wildman–Crippen LogP) is -0.0860. The molecule has 0 bridgehead atoms. The lowest BCUT2D eigenvalue weighted by Crippen LogP contribution is -2.58. The first kappa shape index (κ1) is 17.2. The SMILES string of the molecule is CC1CN(C(=O)N[C@H](CCC(N)=O)C(=O)O)CC(C)(C)O1. The summed E-state index contributed by atoms with van der Waals surface area (Å²) in [7, 11) is 0. The number of ether oxygens (including phenoxy) is 1. The molecular formula is C13H23N3O5. The molecule has 0 aromatic heterocycles. The van der Waals surface area contributed by atoms with Crippen molar-refractivity contribution in [1.82, 2.24) is 10.2 Å². The van der Waals surface area contributed by atoms with Crippen LogP contribution in [0, 0.1) is 0 Å². The minimum absolute atomic E-state index is 0.0281. The molecule has 0 saturated carbocycles. The number of aliphatic carboxylic acids is 1. The van der Waals surface area contributed by atoms with Crippen LogP contribution in [0.15, 0.2) is 0 Å². The van der Waals surface area contributed by atoms with Gasteiger partial charge in [-0.15, -0.1) is 0 Å². The molecule has 2 atom stereocenters. The fraction of sp³-hybridized carbons (Fsp3) is 0.769. The summed E-state index contributed by atoms with van der Waals surface area (Å²) in [5.41, 5.74) is 4.51. The van der Waals surface area contributed by atoms with Crippen molar-refractivity contribution < 1.29 is 24.2 Å². The van der Waals surface area contributed by atoms with Gasteiger partial charge in [0.05, 0.1) is 18.2 Å². The molecule has 1 aliphatic rings. The van der Waals surface area contributed by atoms with E-state index in [1.165, 1.54) is 4.90 Å². The molecule has 1 unspecified atom stereocenters. The predicted molar refractivity (Wildman–Crippen MR) is 74.6 cm³/mol. The van der Waals surface area contributed by atoms with Crippen LogP contribution in [0.5, 0.6) is 0 Å². The summed E-state index contributed by atoms with van der Waals surface area (Å²) in [4.78, 5) is 35.5. The molecule has 21 heavy (non-hydrogen) atoms.